The van der Waals surface area contributed by atoms with Gasteiger partial charge in [0.25, 0.3) is 0 Å². The summed E-state index contributed by atoms with van der Waals surface area (Å²) in [7, 11) is 0. The average molecular weight is 385 g/mol. The van der Waals surface area contributed by atoms with Crippen molar-refractivity contribution in [3.63, 3.8) is 0 Å². The number of hydrogen-bond acceptors (Lipinski definition) is 2. The van der Waals surface area contributed by atoms with Crippen molar-refractivity contribution in [1.29, 1.82) is 0 Å². The molecule has 0 radical (unpaired) electrons. The number of H-pyrrole nitrogens is 1. The van der Waals surface area contributed by atoms with Crippen molar-refractivity contribution in [3.8, 4) is 0 Å². The molecule has 0 aliphatic carbocycles. The second kappa shape index (κ2) is 8.14. The van der Waals surface area contributed by atoms with Gasteiger partial charge in [-0.1, -0.05) is 48.0 Å². The molecule has 140 valence electrons. The number of carbonyl (C=O) groups is 2. The molecule has 3 amide bonds. The van der Waals surface area contributed by atoms with Crippen LogP contribution in [0.4, 0.5) is 4.79 Å². The first-order valence-corrected chi connectivity index (χ1v) is 8.99. The fourth-order valence-corrected chi connectivity index (χ4v) is 3.43. The SMILES string of the molecule is C[C@@H](NC(N)=O)C(=O)NC[C@H](c1ccccc1Cl)c1c[nH]c2ccccc12. The molecule has 1 aromatic heterocycles. The third kappa shape index (κ3) is 4.23. The number of urea groups is 1. The number of nitrogens with one attached hydrogen (secondary N) is 3. The molecule has 0 aliphatic rings. The standard InChI is InChI=1S/C20H21ClN4O2/c1-12(25-20(22)27)19(26)24-11-15(13-6-2-4-8-17(13)21)16-10-23-18-9-5-3-7-14(16)18/h2-10,12,15,23H,11H2,1H3,(H,24,26)(H3,22,25,27)/t12-,15-/m1/s1. The van der Waals surface area contributed by atoms with Crippen molar-refractivity contribution < 1.29 is 9.59 Å². The number of nitrogens with two attached hydrogens (primary N) is 1. The van der Waals surface area contributed by atoms with Gasteiger partial charge in [0, 0.05) is 34.6 Å². The van der Waals surface area contributed by atoms with Crippen LogP contribution >= 0.6 is 11.6 Å². The van der Waals surface area contributed by atoms with Crippen molar-refractivity contribution in [2.45, 2.75) is 18.9 Å². The Bertz CT molecular complexity index is 969. The molecule has 6 nitrogen and oxygen atoms in total. The van der Waals surface area contributed by atoms with Gasteiger partial charge in [-0.3, -0.25) is 4.79 Å². The first-order valence-electron chi connectivity index (χ1n) is 8.61. The molecule has 3 rings (SSSR count). The minimum absolute atomic E-state index is 0.153. The number of halogens is 1. The molecule has 2 aromatic carbocycles. The van der Waals surface area contributed by atoms with Crippen molar-refractivity contribution in [1.82, 2.24) is 15.6 Å². The quantitative estimate of drug-likeness (QED) is 0.525. The smallest absolute Gasteiger partial charge is 0.312 e. The van der Waals surface area contributed by atoms with Crippen molar-refractivity contribution in [2.24, 2.45) is 5.73 Å². The molecule has 0 saturated heterocycles. The van der Waals surface area contributed by atoms with E-state index in [9.17, 15) is 9.59 Å². The number of aromatic amines is 1. The Morgan fingerprint density at radius 3 is 2.56 bits per heavy atom. The minimum atomic E-state index is -0.739. The topological polar surface area (TPSA) is 100 Å². The predicted octanol–water partition coefficient (Wildman–Crippen LogP) is 3.13. The lowest BCUT2D eigenvalue weighted by molar-refractivity contribution is -0.122. The zero-order valence-electron chi connectivity index (χ0n) is 14.8. The number of primary amides is 1. The van der Waals surface area contributed by atoms with E-state index in [4.69, 9.17) is 17.3 Å². The summed E-state index contributed by atoms with van der Waals surface area (Å²) in [5.74, 6) is -0.467. The summed E-state index contributed by atoms with van der Waals surface area (Å²) < 4.78 is 0. The van der Waals surface area contributed by atoms with Gasteiger partial charge in [-0.25, -0.2) is 4.79 Å². The monoisotopic (exact) mass is 384 g/mol. The van der Waals surface area contributed by atoms with Crippen LogP contribution in [0.1, 0.15) is 24.0 Å². The van der Waals surface area contributed by atoms with Crippen molar-refractivity contribution in [3.05, 3.63) is 70.9 Å². The van der Waals surface area contributed by atoms with Gasteiger partial charge in [0.1, 0.15) is 6.04 Å². The molecule has 5 N–H and O–H groups in total. The van der Waals surface area contributed by atoms with Gasteiger partial charge in [0.05, 0.1) is 0 Å². The highest BCUT2D eigenvalue weighted by Gasteiger charge is 2.22. The van der Waals surface area contributed by atoms with Crippen LogP contribution in [0.25, 0.3) is 10.9 Å². The van der Waals surface area contributed by atoms with E-state index in [0.29, 0.717) is 11.6 Å². The highest BCUT2D eigenvalue weighted by Crippen LogP contribution is 2.34. The van der Waals surface area contributed by atoms with Crippen LogP contribution in [0.3, 0.4) is 0 Å². The number of amides is 3. The molecule has 0 fully saturated rings. The normalized spacial score (nSPS) is 13.1. The van der Waals surface area contributed by atoms with E-state index < -0.39 is 12.1 Å². The number of para-hydroxylation sites is 1. The molecular weight excluding hydrogens is 364 g/mol. The van der Waals surface area contributed by atoms with Crippen molar-refractivity contribution in [2.75, 3.05) is 6.54 Å². The van der Waals surface area contributed by atoms with Crippen LogP contribution in [0.2, 0.25) is 5.02 Å². The van der Waals surface area contributed by atoms with E-state index in [2.05, 4.69) is 15.6 Å². The zero-order valence-corrected chi connectivity index (χ0v) is 15.6. The first-order chi connectivity index (χ1) is 13.0. The largest absolute Gasteiger partial charge is 0.361 e. The predicted molar refractivity (Wildman–Crippen MR) is 107 cm³/mol. The van der Waals surface area contributed by atoms with Gasteiger partial charge in [-0.2, -0.15) is 0 Å². The van der Waals surface area contributed by atoms with Gasteiger partial charge in [0.2, 0.25) is 5.91 Å². The third-order valence-corrected chi connectivity index (χ3v) is 4.85. The summed E-state index contributed by atoms with van der Waals surface area (Å²) in [5.41, 5.74) is 8.05. The van der Waals surface area contributed by atoms with Crippen LogP contribution in [0.5, 0.6) is 0 Å². The van der Waals surface area contributed by atoms with E-state index in [0.717, 1.165) is 22.0 Å². The van der Waals surface area contributed by atoms with Crippen LogP contribution in [0.15, 0.2) is 54.7 Å². The van der Waals surface area contributed by atoms with E-state index in [1.807, 2.05) is 54.7 Å². The fraction of sp³-hybridized carbons (Fsp3) is 0.200. The molecule has 0 aliphatic heterocycles. The van der Waals surface area contributed by atoms with Crippen LogP contribution in [-0.4, -0.2) is 29.5 Å². The summed E-state index contributed by atoms with van der Waals surface area (Å²) in [6.45, 7) is 1.91. The molecule has 0 unspecified atom stereocenters. The van der Waals surface area contributed by atoms with E-state index in [1.54, 1.807) is 6.92 Å². The van der Waals surface area contributed by atoms with Gasteiger partial charge in [-0.05, 0) is 30.2 Å². The lowest BCUT2D eigenvalue weighted by atomic mass is 9.90. The molecule has 2 atom stereocenters. The summed E-state index contributed by atoms with van der Waals surface area (Å²) in [6, 6.07) is 14.1. The number of benzene rings is 2. The van der Waals surface area contributed by atoms with Crippen LogP contribution < -0.4 is 16.4 Å². The van der Waals surface area contributed by atoms with Crippen LogP contribution in [-0.2, 0) is 4.79 Å². The Hall–Kier alpha value is -2.99. The van der Waals surface area contributed by atoms with Crippen molar-refractivity contribution >= 4 is 34.4 Å². The number of fused-ring (bicyclic) bond motifs is 1. The van der Waals surface area contributed by atoms with E-state index in [1.165, 1.54) is 0 Å². The van der Waals surface area contributed by atoms with E-state index >= 15 is 0 Å². The highest BCUT2D eigenvalue weighted by molar-refractivity contribution is 6.31. The maximum Gasteiger partial charge on any atom is 0.312 e. The highest BCUT2D eigenvalue weighted by atomic mass is 35.5. The Morgan fingerprint density at radius 1 is 1.11 bits per heavy atom. The maximum absolute atomic E-state index is 12.3. The second-order valence-electron chi connectivity index (χ2n) is 6.34. The summed E-state index contributed by atoms with van der Waals surface area (Å²) in [5, 5.41) is 6.96. The van der Waals surface area contributed by atoms with Gasteiger partial charge < -0.3 is 21.4 Å². The number of carbonyl (C=O) groups excluding carboxylic acids is 2. The van der Waals surface area contributed by atoms with Gasteiger partial charge >= 0.3 is 6.03 Å². The molecule has 7 heteroatoms. The summed E-state index contributed by atoms with van der Waals surface area (Å²) in [4.78, 5) is 26.5. The number of hydrogen-bond donors (Lipinski definition) is 4. The minimum Gasteiger partial charge on any atom is -0.361 e. The van der Waals surface area contributed by atoms with Gasteiger partial charge in [-0.15, -0.1) is 0 Å². The van der Waals surface area contributed by atoms with Gasteiger partial charge in [0.15, 0.2) is 0 Å². The summed E-state index contributed by atoms with van der Waals surface area (Å²) >= 11 is 6.44. The molecule has 3 aromatic rings. The lowest BCUT2D eigenvalue weighted by Gasteiger charge is -2.21. The Labute approximate surface area is 162 Å². The molecule has 1 heterocycles. The third-order valence-electron chi connectivity index (χ3n) is 4.51. The van der Waals surface area contributed by atoms with Crippen LogP contribution in [0, 0.1) is 0 Å². The fourth-order valence-electron chi connectivity index (χ4n) is 3.16. The molecule has 27 heavy (non-hydrogen) atoms. The Morgan fingerprint density at radius 2 is 1.81 bits per heavy atom. The molecule has 0 spiro atoms. The summed E-state index contributed by atoms with van der Waals surface area (Å²) in [6.07, 6.45) is 1.94. The second-order valence-corrected chi connectivity index (χ2v) is 6.75. The lowest BCUT2D eigenvalue weighted by Crippen LogP contribution is -2.47. The first kappa shape index (κ1) is 18.8. The Balaban J connectivity index is 1.91. The number of rotatable bonds is 6. The molecular formula is C20H21ClN4O2. The number of aromatic nitrogens is 1. The molecule has 0 saturated carbocycles. The zero-order chi connectivity index (χ0) is 19.4. The Kier molecular flexibility index (Phi) is 5.66. The maximum atomic E-state index is 12.3. The molecule has 0 bridgehead atoms. The van der Waals surface area contributed by atoms with E-state index in [-0.39, 0.29) is 11.8 Å². The average Bonchev–Trinajstić information content (AvgIpc) is 3.06.